The quantitative estimate of drug-likeness (QED) is 0.833. The number of hydrogen-bond donors (Lipinski definition) is 2. The minimum absolute atomic E-state index is 0.146. The Labute approximate surface area is 117 Å². The fourth-order valence-corrected chi connectivity index (χ4v) is 2.38. The smallest absolute Gasteiger partial charge is 0.291 e. The van der Waals surface area contributed by atoms with E-state index in [1.165, 1.54) is 4.52 Å². The fraction of sp³-hybridized carbons (Fsp3) is 0.455. The van der Waals surface area contributed by atoms with Crippen LogP contribution < -0.4 is 10.6 Å². The summed E-state index contributed by atoms with van der Waals surface area (Å²) in [5.74, 6) is 0.307. The molecule has 2 N–H and O–H groups in total. The highest BCUT2D eigenvalue weighted by Gasteiger charge is 2.19. The van der Waals surface area contributed by atoms with Crippen molar-refractivity contribution in [2.24, 2.45) is 0 Å². The predicted octanol–water partition coefficient (Wildman–Crippen LogP) is 0.369. The molecule has 1 saturated heterocycles. The zero-order valence-corrected chi connectivity index (χ0v) is 11.7. The highest BCUT2D eigenvalue weighted by molar-refractivity contribution is 9.10. The molecule has 0 radical (unpaired) electrons. The van der Waals surface area contributed by atoms with Gasteiger partial charge in [0.2, 0.25) is 5.82 Å². The molecule has 100 valence electrons. The summed E-state index contributed by atoms with van der Waals surface area (Å²) < 4.78 is 2.27. The third-order valence-electron chi connectivity index (χ3n) is 3.00. The Balaban J connectivity index is 1.77. The second-order valence-corrected chi connectivity index (χ2v) is 5.38. The van der Waals surface area contributed by atoms with Crippen molar-refractivity contribution in [3.8, 4) is 0 Å². The van der Waals surface area contributed by atoms with Gasteiger partial charge in [0, 0.05) is 25.0 Å². The lowest BCUT2D eigenvalue weighted by Gasteiger charge is -2.23. The number of amides is 1. The summed E-state index contributed by atoms with van der Waals surface area (Å²) in [6.45, 7) is 1.81. The molecule has 3 rings (SSSR count). The average Bonchev–Trinajstić information content (AvgIpc) is 2.83. The van der Waals surface area contributed by atoms with Crippen molar-refractivity contribution in [2.45, 2.75) is 18.9 Å². The van der Waals surface area contributed by atoms with Gasteiger partial charge in [-0.3, -0.25) is 4.79 Å². The summed E-state index contributed by atoms with van der Waals surface area (Å²) in [4.78, 5) is 20.2. The SMILES string of the molecule is O=C(NC1CCCNC1)c1nc2ncc(Br)cn2n1. The molecule has 1 aliphatic rings. The van der Waals surface area contributed by atoms with Gasteiger partial charge in [0.05, 0.1) is 4.47 Å². The molecule has 1 atom stereocenters. The number of piperidine rings is 1. The number of aromatic nitrogens is 4. The summed E-state index contributed by atoms with van der Waals surface area (Å²) in [5.41, 5.74) is 0. The number of hydrogen-bond acceptors (Lipinski definition) is 5. The molecular formula is C11H13BrN6O. The van der Waals surface area contributed by atoms with Crippen molar-refractivity contribution in [2.75, 3.05) is 13.1 Å². The number of rotatable bonds is 2. The average molecular weight is 325 g/mol. The summed E-state index contributed by atoms with van der Waals surface area (Å²) in [7, 11) is 0. The van der Waals surface area contributed by atoms with Crippen LogP contribution in [0.4, 0.5) is 0 Å². The molecule has 8 heteroatoms. The van der Waals surface area contributed by atoms with Crippen LogP contribution in [0.15, 0.2) is 16.9 Å². The number of carbonyl (C=O) groups excluding carboxylic acids is 1. The number of fused-ring (bicyclic) bond motifs is 1. The lowest BCUT2D eigenvalue weighted by molar-refractivity contribution is 0.0920. The number of halogens is 1. The minimum Gasteiger partial charge on any atom is -0.345 e. The van der Waals surface area contributed by atoms with Gasteiger partial charge in [-0.2, -0.15) is 4.98 Å². The zero-order valence-electron chi connectivity index (χ0n) is 10.1. The highest BCUT2D eigenvalue weighted by atomic mass is 79.9. The van der Waals surface area contributed by atoms with Gasteiger partial charge in [0.1, 0.15) is 0 Å². The second kappa shape index (κ2) is 5.22. The third kappa shape index (κ3) is 2.74. The maximum absolute atomic E-state index is 12.1. The van der Waals surface area contributed by atoms with Gasteiger partial charge in [-0.15, -0.1) is 5.10 Å². The molecule has 0 spiro atoms. The van der Waals surface area contributed by atoms with Gasteiger partial charge in [0.15, 0.2) is 0 Å². The topological polar surface area (TPSA) is 84.2 Å². The van der Waals surface area contributed by atoms with Crippen LogP contribution in [0.3, 0.4) is 0 Å². The van der Waals surface area contributed by atoms with Crippen molar-refractivity contribution < 1.29 is 4.79 Å². The Bertz CT molecular complexity index is 606. The van der Waals surface area contributed by atoms with Crippen LogP contribution in [-0.4, -0.2) is 44.6 Å². The van der Waals surface area contributed by atoms with Crippen LogP contribution in [0.25, 0.3) is 5.78 Å². The van der Waals surface area contributed by atoms with E-state index >= 15 is 0 Å². The summed E-state index contributed by atoms with van der Waals surface area (Å²) in [6, 6.07) is 0.146. The van der Waals surface area contributed by atoms with Gasteiger partial charge in [-0.1, -0.05) is 0 Å². The van der Waals surface area contributed by atoms with Crippen LogP contribution in [0.2, 0.25) is 0 Å². The predicted molar refractivity (Wildman–Crippen MR) is 71.8 cm³/mol. The van der Waals surface area contributed by atoms with Gasteiger partial charge in [-0.25, -0.2) is 9.50 Å². The van der Waals surface area contributed by atoms with Crippen LogP contribution in [0.5, 0.6) is 0 Å². The Kier molecular flexibility index (Phi) is 3.43. The lowest BCUT2D eigenvalue weighted by atomic mass is 10.1. The molecule has 0 saturated carbocycles. The molecule has 19 heavy (non-hydrogen) atoms. The van der Waals surface area contributed by atoms with Crippen molar-refractivity contribution >= 4 is 27.6 Å². The Hall–Kier alpha value is -1.54. The van der Waals surface area contributed by atoms with Gasteiger partial charge in [-0.05, 0) is 35.3 Å². The van der Waals surface area contributed by atoms with Crippen molar-refractivity contribution in [3.05, 3.63) is 22.7 Å². The Morgan fingerprint density at radius 2 is 2.47 bits per heavy atom. The molecule has 0 aromatic carbocycles. The molecule has 1 unspecified atom stereocenters. The first kappa shape index (κ1) is 12.5. The summed E-state index contributed by atoms with van der Waals surface area (Å²) >= 11 is 3.30. The Morgan fingerprint density at radius 3 is 3.26 bits per heavy atom. The van der Waals surface area contributed by atoms with Crippen molar-refractivity contribution in [1.29, 1.82) is 0 Å². The first-order valence-corrected chi connectivity index (χ1v) is 6.91. The van der Waals surface area contributed by atoms with Crippen LogP contribution in [0, 0.1) is 0 Å². The molecule has 2 aromatic rings. The molecule has 1 aliphatic heterocycles. The van der Waals surface area contributed by atoms with E-state index in [9.17, 15) is 4.79 Å². The van der Waals surface area contributed by atoms with Crippen molar-refractivity contribution in [3.63, 3.8) is 0 Å². The summed E-state index contributed by atoms with van der Waals surface area (Å²) in [5, 5.41) is 10.3. The normalized spacial score (nSPS) is 19.5. The Morgan fingerprint density at radius 1 is 1.58 bits per heavy atom. The van der Waals surface area contributed by atoms with E-state index in [-0.39, 0.29) is 17.8 Å². The number of nitrogens with zero attached hydrogens (tertiary/aromatic N) is 4. The number of carbonyl (C=O) groups is 1. The minimum atomic E-state index is -0.254. The molecular weight excluding hydrogens is 312 g/mol. The first-order valence-electron chi connectivity index (χ1n) is 6.12. The molecule has 2 aromatic heterocycles. The monoisotopic (exact) mass is 324 g/mol. The van der Waals surface area contributed by atoms with Gasteiger partial charge >= 0.3 is 0 Å². The second-order valence-electron chi connectivity index (χ2n) is 4.47. The zero-order chi connectivity index (χ0) is 13.2. The third-order valence-corrected chi connectivity index (χ3v) is 3.41. The van der Waals surface area contributed by atoms with E-state index in [2.05, 4.69) is 41.6 Å². The van der Waals surface area contributed by atoms with Crippen LogP contribution in [0.1, 0.15) is 23.5 Å². The van der Waals surface area contributed by atoms with Crippen LogP contribution in [-0.2, 0) is 0 Å². The van der Waals surface area contributed by atoms with Gasteiger partial charge < -0.3 is 10.6 Å². The molecule has 0 aliphatic carbocycles. The molecule has 0 bridgehead atoms. The number of nitrogens with one attached hydrogen (secondary N) is 2. The molecule has 7 nitrogen and oxygen atoms in total. The lowest BCUT2D eigenvalue weighted by Crippen LogP contribution is -2.45. The van der Waals surface area contributed by atoms with Crippen LogP contribution >= 0.6 is 15.9 Å². The highest BCUT2D eigenvalue weighted by Crippen LogP contribution is 2.08. The first-order chi connectivity index (χ1) is 9.22. The fourth-order valence-electron chi connectivity index (χ4n) is 2.08. The van der Waals surface area contributed by atoms with E-state index in [0.717, 1.165) is 30.4 Å². The van der Waals surface area contributed by atoms with E-state index in [0.29, 0.717) is 5.78 Å². The van der Waals surface area contributed by atoms with Gasteiger partial charge in [0.25, 0.3) is 11.7 Å². The summed E-state index contributed by atoms with van der Waals surface area (Å²) in [6.07, 6.45) is 5.39. The largest absolute Gasteiger partial charge is 0.345 e. The van der Waals surface area contributed by atoms with E-state index in [4.69, 9.17) is 0 Å². The maximum Gasteiger partial charge on any atom is 0.291 e. The molecule has 1 fully saturated rings. The van der Waals surface area contributed by atoms with E-state index < -0.39 is 0 Å². The maximum atomic E-state index is 12.1. The van der Waals surface area contributed by atoms with Crippen molar-refractivity contribution in [1.82, 2.24) is 30.2 Å². The molecule has 3 heterocycles. The van der Waals surface area contributed by atoms with E-state index in [1.54, 1.807) is 12.4 Å². The van der Waals surface area contributed by atoms with E-state index in [1.807, 2.05) is 0 Å². The molecule has 1 amide bonds. The standard InChI is InChI=1S/C11H13BrN6O/c12-7-4-14-11-16-9(17-18(11)6-7)10(19)15-8-2-1-3-13-5-8/h4,6,8,13H,1-3,5H2,(H,15,19).